The zero-order chi connectivity index (χ0) is 15.9. The molecule has 3 N–H and O–H groups in total. The molecular weight excluding hydrogens is 346 g/mol. The molecule has 6 heteroatoms. The molecule has 1 aromatic rings. The van der Waals surface area contributed by atoms with Crippen LogP contribution in [0.3, 0.4) is 0 Å². The third-order valence-corrected chi connectivity index (χ3v) is 4.40. The van der Waals surface area contributed by atoms with E-state index in [9.17, 15) is 9.59 Å². The van der Waals surface area contributed by atoms with Gasteiger partial charge in [0.2, 0.25) is 11.8 Å². The molecule has 0 aliphatic carbocycles. The van der Waals surface area contributed by atoms with E-state index in [0.717, 1.165) is 29.4 Å². The molecule has 2 amide bonds. The molecule has 120 valence electrons. The summed E-state index contributed by atoms with van der Waals surface area (Å²) < 4.78 is 0.931. The fraction of sp³-hybridized carbons (Fsp3) is 0.500. The smallest absolute Gasteiger partial charge is 0.224 e. The van der Waals surface area contributed by atoms with E-state index in [1.54, 1.807) is 7.05 Å². The molecule has 5 nitrogen and oxygen atoms in total. The van der Waals surface area contributed by atoms with Crippen LogP contribution in [0.2, 0.25) is 0 Å². The molecule has 1 saturated heterocycles. The highest BCUT2D eigenvalue weighted by atomic mass is 79.9. The van der Waals surface area contributed by atoms with Gasteiger partial charge in [0, 0.05) is 18.1 Å². The lowest BCUT2D eigenvalue weighted by Crippen LogP contribution is -2.42. The van der Waals surface area contributed by atoms with Crippen LogP contribution in [0.5, 0.6) is 0 Å². The molecular formula is C16H22BrN3O2. The summed E-state index contributed by atoms with van der Waals surface area (Å²) >= 11 is 3.43. The van der Waals surface area contributed by atoms with Gasteiger partial charge in [-0.25, -0.2) is 0 Å². The Kier molecular flexibility index (Phi) is 6.39. The van der Waals surface area contributed by atoms with Crippen molar-refractivity contribution >= 4 is 27.7 Å². The number of amides is 2. The Morgan fingerprint density at radius 1 is 1.45 bits per heavy atom. The van der Waals surface area contributed by atoms with Crippen LogP contribution in [0.25, 0.3) is 0 Å². The maximum Gasteiger partial charge on any atom is 0.224 e. The molecule has 2 unspecified atom stereocenters. The lowest BCUT2D eigenvalue weighted by Gasteiger charge is -2.25. The van der Waals surface area contributed by atoms with Crippen LogP contribution in [-0.4, -0.2) is 32.0 Å². The van der Waals surface area contributed by atoms with E-state index in [1.165, 1.54) is 0 Å². The van der Waals surface area contributed by atoms with E-state index < -0.39 is 0 Å². The van der Waals surface area contributed by atoms with Gasteiger partial charge in [0.25, 0.3) is 0 Å². The number of carbonyl (C=O) groups excluding carboxylic acids is 2. The maximum absolute atomic E-state index is 12.4. The van der Waals surface area contributed by atoms with Crippen LogP contribution < -0.4 is 16.0 Å². The fourth-order valence-corrected chi connectivity index (χ4v) is 3.05. The Balaban J connectivity index is 2.09. The van der Waals surface area contributed by atoms with Crippen LogP contribution in [0, 0.1) is 5.92 Å². The van der Waals surface area contributed by atoms with Gasteiger partial charge in [-0.05, 0) is 37.1 Å². The van der Waals surface area contributed by atoms with Gasteiger partial charge in [0.1, 0.15) is 0 Å². The van der Waals surface area contributed by atoms with Gasteiger partial charge < -0.3 is 16.0 Å². The molecule has 1 heterocycles. The summed E-state index contributed by atoms with van der Waals surface area (Å²) in [5.74, 6) is -0.0961. The predicted octanol–water partition coefficient (Wildman–Crippen LogP) is 1.74. The minimum atomic E-state index is -0.313. The normalized spacial score (nSPS) is 19.3. The molecule has 0 bridgehead atoms. The average molecular weight is 368 g/mol. The highest BCUT2D eigenvalue weighted by Crippen LogP contribution is 2.22. The molecule has 1 fully saturated rings. The third-order valence-electron chi connectivity index (χ3n) is 3.90. The second-order valence-electron chi connectivity index (χ2n) is 5.54. The number of rotatable bonds is 5. The molecule has 2 atom stereocenters. The number of carbonyl (C=O) groups is 2. The highest BCUT2D eigenvalue weighted by Gasteiger charge is 2.25. The van der Waals surface area contributed by atoms with Crippen molar-refractivity contribution in [3.05, 3.63) is 34.3 Å². The highest BCUT2D eigenvalue weighted by molar-refractivity contribution is 9.10. The van der Waals surface area contributed by atoms with E-state index in [1.807, 2.05) is 24.3 Å². The molecule has 0 aromatic heterocycles. The Morgan fingerprint density at radius 3 is 2.91 bits per heavy atom. The van der Waals surface area contributed by atoms with Gasteiger partial charge in [-0.2, -0.15) is 0 Å². The van der Waals surface area contributed by atoms with Crippen LogP contribution in [-0.2, 0) is 9.59 Å². The monoisotopic (exact) mass is 367 g/mol. The van der Waals surface area contributed by atoms with Gasteiger partial charge in [0.05, 0.1) is 18.4 Å². The summed E-state index contributed by atoms with van der Waals surface area (Å²) in [6.07, 6.45) is 2.14. The first-order valence-electron chi connectivity index (χ1n) is 7.57. The molecule has 1 aromatic carbocycles. The van der Waals surface area contributed by atoms with Crippen LogP contribution in [0.15, 0.2) is 28.7 Å². The van der Waals surface area contributed by atoms with Crippen molar-refractivity contribution in [1.82, 2.24) is 16.0 Å². The third kappa shape index (κ3) is 4.81. The topological polar surface area (TPSA) is 70.2 Å². The first-order chi connectivity index (χ1) is 10.6. The summed E-state index contributed by atoms with van der Waals surface area (Å²) in [7, 11) is 1.60. The molecule has 0 saturated carbocycles. The van der Waals surface area contributed by atoms with Gasteiger partial charge in [-0.3, -0.25) is 9.59 Å². The van der Waals surface area contributed by atoms with Gasteiger partial charge in [-0.15, -0.1) is 0 Å². The predicted molar refractivity (Wildman–Crippen MR) is 89.3 cm³/mol. The second kappa shape index (κ2) is 8.29. The number of halogens is 1. The Hall–Kier alpha value is -1.40. The first kappa shape index (κ1) is 17.0. The summed E-state index contributed by atoms with van der Waals surface area (Å²) in [5, 5.41) is 8.90. The minimum Gasteiger partial charge on any atom is -0.359 e. The molecule has 22 heavy (non-hydrogen) atoms. The number of hydrogen-bond donors (Lipinski definition) is 3. The van der Waals surface area contributed by atoms with Crippen molar-refractivity contribution in [1.29, 1.82) is 0 Å². The van der Waals surface area contributed by atoms with Crippen LogP contribution >= 0.6 is 15.9 Å². The second-order valence-corrected chi connectivity index (χ2v) is 6.45. The summed E-state index contributed by atoms with van der Waals surface area (Å²) in [6.45, 7) is 1.67. The molecule has 1 aliphatic rings. The SMILES string of the molecule is CNC(=O)CC(NC(=O)C1CCCNC1)c1cccc(Br)c1. The standard InChI is InChI=1S/C16H22BrN3O2/c1-18-15(21)9-14(11-4-2-6-13(17)8-11)20-16(22)12-5-3-7-19-10-12/h2,4,6,8,12,14,19H,3,5,7,9-10H2,1H3,(H,18,21)(H,20,22). The van der Waals surface area contributed by atoms with Gasteiger partial charge in [0.15, 0.2) is 0 Å². The van der Waals surface area contributed by atoms with Crippen molar-refractivity contribution in [2.24, 2.45) is 5.92 Å². The van der Waals surface area contributed by atoms with Crippen molar-refractivity contribution in [3.8, 4) is 0 Å². The number of hydrogen-bond acceptors (Lipinski definition) is 3. The molecule has 0 spiro atoms. The Labute approximate surface area is 139 Å². The molecule has 2 rings (SSSR count). The van der Waals surface area contributed by atoms with Gasteiger partial charge in [-0.1, -0.05) is 28.1 Å². The van der Waals surface area contributed by atoms with Gasteiger partial charge >= 0.3 is 0 Å². The van der Waals surface area contributed by atoms with Crippen molar-refractivity contribution in [2.75, 3.05) is 20.1 Å². The van der Waals surface area contributed by atoms with E-state index in [2.05, 4.69) is 31.9 Å². The van der Waals surface area contributed by atoms with Crippen molar-refractivity contribution in [2.45, 2.75) is 25.3 Å². The van der Waals surface area contributed by atoms with Crippen LogP contribution in [0.1, 0.15) is 30.9 Å². The van der Waals surface area contributed by atoms with E-state index >= 15 is 0 Å². The summed E-state index contributed by atoms with van der Waals surface area (Å²) in [6, 6.07) is 7.38. The average Bonchev–Trinajstić information content (AvgIpc) is 2.54. The summed E-state index contributed by atoms with van der Waals surface area (Å²) in [4.78, 5) is 24.2. The van der Waals surface area contributed by atoms with E-state index in [4.69, 9.17) is 0 Å². The number of benzene rings is 1. The Bertz CT molecular complexity index is 530. The number of piperidine rings is 1. The molecule has 0 radical (unpaired) electrons. The largest absolute Gasteiger partial charge is 0.359 e. The maximum atomic E-state index is 12.4. The lowest BCUT2D eigenvalue weighted by molar-refractivity contribution is -0.127. The zero-order valence-electron chi connectivity index (χ0n) is 12.7. The minimum absolute atomic E-state index is 0.0149. The van der Waals surface area contributed by atoms with Crippen molar-refractivity contribution < 1.29 is 9.59 Å². The number of nitrogens with one attached hydrogen (secondary N) is 3. The lowest BCUT2D eigenvalue weighted by atomic mass is 9.97. The van der Waals surface area contributed by atoms with Crippen LogP contribution in [0.4, 0.5) is 0 Å². The van der Waals surface area contributed by atoms with E-state index in [0.29, 0.717) is 6.54 Å². The Morgan fingerprint density at radius 2 is 2.27 bits per heavy atom. The van der Waals surface area contributed by atoms with Crippen molar-refractivity contribution in [3.63, 3.8) is 0 Å². The molecule has 1 aliphatic heterocycles. The summed E-state index contributed by atoms with van der Waals surface area (Å²) in [5.41, 5.74) is 0.926. The first-order valence-corrected chi connectivity index (χ1v) is 8.36. The zero-order valence-corrected chi connectivity index (χ0v) is 14.3. The fourth-order valence-electron chi connectivity index (χ4n) is 2.63. The van der Waals surface area contributed by atoms with E-state index in [-0.39, 0.29) is 30.2 Å². The quantitative estimate of drug-likeness (QED) is 0.742.